The van der Waals surface area contributed by atoms with Crippen LogP contribution in [0.25, 0.3) is 6.08 Å². The molecule has 0 spiro atoms. The normalized spacial score (nSPS) is 11.7. The maximum atomic E-state index is 12.3. The maximum absolute atomic E-state index is 12.3. The van der Waals surface area contributed by atoms with Crippen LogP contribution in [0.1, 0.15) is 18.1 Å². The second-order valence-electron chi connectivity index (χ2n) is 5.96. The van der Waals surface area contributed by atoms with Crippen molar-refractivity contribution in [2.75, 3.05) is 12.4 Å². The van der Waals surface area contributed by atoms with Crippen molar-refractivity contribution in [1.29, 1.82) is 0 Å². The van der Waals surface area contributed by atoms with E-state index in [9.17, 15) is 19.7 Å². The maximum Gasteiger partial charge on any atom is 0.331 e. The predicted octanol–water partition coefficient (Wildman–Crippen LogP) is 3.50. The molecule has 28 heavy (non-hydrogen) atoms. The van der Waals surface area contributed by atoms with Crippen molar-refractivity contribution in [2.24, 2.45) is 0 Å². The molecule has 0 fully saturated rings. The Balaban J connectivity index is 1.99. The van der Waals surface area contributed by atoms with Gasteiger partial charge in [0.05, 0.1) is 23.8 Å². The number of anilines is 1. The number of benzene rings is 2. The van der Waals surface area contributed by atoms with Crippen LogP contribution < -0.4 is 10.1 Å². The molecule has 2 aromatic rings. The second kappa shape index (κ2) is 9.31. The van der Waals surface area contributed by atoms with E-state index in [-0.39, 0.29) is 17.1 Å². The zero-order valence-electron chi connectivity index (χ0n) is 15.7. The van der Waals surface area contributed by atoms with Crippen LogP contribution in [0.3, 0.4) is 0 Å². The lowest BCUT2D eigenvalue weighted by atomic mass is 10.1. The van der Waals surface area contributed by atoms with Crippen LogP contribution >= 0.6 is 0 Å². The summed E-state index contributed by atoms with van der Waals surface area (Å²) < 4.78 is 10.1. The fourth-order valence-electron chi connectivity index (χ4n) is 2.34. The van der Waals surface area contributed by atoms with Gasteiger partial charge in [-0.05, 0) is 31.6 Å². The molecular formula is C20H20N2O6. The molecule has 1 atom stereocenters. The quantitative estimate of drug-likeness (QED) is 0.339. The van der Waals surface area contributed by atoms with Crippen LogP contribution in [0.15, 0.2) is 48.5 Å². The Hall–Kier alpha value is -3.68. The third-order valence-electron chi connectivity index (χ3n) is 3.77. The molecule has 1 amide bonds. The van der Waals surface area contributed by atoms with E-state index in [2.05, 4.69) is 5.32 Å². The Kier molecular flexibility index (Phi) is 6.86. The molecule has 2 rings (SSSR count). The van der Waals surface area contributed by atoms with Gasteiger partial charge in [0.15, 0.2) is 6.10 Å². The van der Waals surface area contributed by atoms with Gasteiger partial charge in [-0.25, -0.2) is 4.79 Å². The van der Waals surface area contributed by atoms with Crippen LogP contribution in [0.2, 0.25) is 0 Å². The molecule has 0 bridgehead atoms. The number of nitrogens with zero attached hydrogens (tertiary/aromatic N) is 1. The molecule has 2 aromatic carbocycles. The van der Waals surface area contributed by atoms with E-state index in [0.29, 0.717) is 0 Å². The van der Waals surface area contributed by atoms with E-state index in [4.69, 9.17) is 9.47 Å². The number of hydrogen-bond donors (Lipinski definition) is 1. The van der Waals surface area contributed by atoms with Crippen molar-refractivity contribution >= 4 is 29.3 Å². The number of amides is 1. The van der Waals surface area contributed by atoms with Crippen LogP contribution in [0.5, 0.6) is 5.75 Å². The van der Waals surface area contributed by atoms with Gasteiger partial charge in [0.25, 0.3) is 11.6 Å². The van der Waals surface area contributed by atoms with Crippen molar-refractivity contribution in [3.8, 4) is 5.75 Å². The molecule has 0 unspecified atom stereocenters. The largest absolute Gasteiger partial charge is 0.494 e. The van der Waals surface area contributed by atoms with Crippen molar-refractivity contribution in [2.45, 2.75) is 20.0 Å². The van der Waals surface area contributed by atoms with Gasteiger partial charge in [-0.1, -0.05) is 29.8 Å². The molecule has 146 valence electrons. The number of carbonyl (C=O) groups excluding carboxylic acids is 2. The van der Waals surface area contributed by atoms with Crippen molar-refractivity contribution < 1.29 is 24.0 Å². The van der Waals surface area contributed by atoms with Gasteiger partial charge in [-0.15, -0.1) is 0 Å². The topological polar surface area (TPSA) is 108 Å². The molecule has 0 radical (unpaired) electrons. The summed E-state index contributed by atoms with van der Waals surface area (Å²) in [6.45, 7) is 3.36. The zero-order chi connectivity index (χ0) is 20.7. The van der Waals surface area contributed by atoms with Gasteiger partial charge in [0.1, 0.15) is 5.75 Å². The standard InChI is InChI=1S/C20H20N2O6/c1-13-5-4-6-15(11-13)7-10-19(23)28-14(2)20(24)21-17-9-8-16(22(25)26)12-18(17)27-3/h4-12,14H,1-3H3,(H,21,24)/b10-7+/t14-/m0/s1. The van der Waals surface area contributed by atoms with Gasteiger partial charge in [0, 0.05) is 12.1 Å². The smallest absolute Gasteiger partial charge is 0.331 e. The number of esters is 1. The average molecular weight is 384 g/mol. The third kappa shape index (κ3) is 5.66. The molecule has 0 saturated heterocycles. The van der Waals surface area contributed by atoms with Gasteiger partial charge in [-0.2, -0.15) is 0 Å². The molecule has 0 aromatic heterocycles. The Morgan fingerprint density at radius 2 is 1.96 bits per heavy atom. The van der Waals surface area contributed by atoms with Crippen LogP contribution in [-0.4, -0.2) is 30.0 Å². The highest BCUT2D eigenvalue weighted by atomic mass is 16.6. The summed E-state index contributed by atoms with van der Waals surface area (Å²) in [5.41, 5.74) is 1.96. The zero-order valence-corrected chi connectivity index (χ0v) is 15.7. The van der Waals surface area contributed by atoms with Crippen molar-refractivity contribution in [1.82, 2.24) is 0 Å². The summed E-state index contributed by atoms with van der Waals surface area (Å²) >= 11 is 0. The molecule has 8 nitrogen and oxygen atoms in total. The molecule has 0 heterocycles. The average Bonchev–Trinajstić information content (AvgIpc) is 2.66. The number of hydrogen-bond acceptors (Lipinski definition) is 6. The number of nitrogens with one attached hydrogen (secondary N) is 1. The lowest BCUT2D eigenvalue weighted by Crippen LogP contribution is -2.29. The fraction of sp³-hybridized carbons (Fsp3) is 0.200. The van der Waals surface area contributed by atoms with E-state index in [0.717, 1.165) is 11.1 Å². The highest BCUT2D eigenvalue weighted by Crippen LogP contribution is 2.29. The number of nitro groups is 1. The number of methoxy groups -OCH3 is 1. The lowest BCUT2D eigenvalue weighted by molar-refractivity contribution is -0.384. The molecular weight excluding hydrogens is 364 g/mol. The van der Waals surface area contributed by atoms with E-state index in [1.807, 2.05) is 31.2 Å². The Morgan fingerprint density at radius 1 is 1.21 bits per heavy atom. The summed E-state index contributed by atoms with van der Waals surface area (Å²) in [5.74, 6) is -1.13. The van der Waals surface area contributed by atoms with Crippen LogP contribution in [0, 0.1) is 17.0 Å². The molecule has 0 aliphatic heterocycles. The summed E-state index contributed by atoms with van der Waals surface area (Å²) in [4.78, 5) is 34.4. The van der Waals surface area contributed by atoms with Crippen molar-refractivity contribution in [3.63, 3.8) is 0 Å². The third-order valence-corrected chi connectivity index (χ3v) is 3.77. The summed E-state index contributed by atoms with van der Waals surface area (Å²) in [6, 6.07) is 11.3. The van der Waals surface area contributed by atoms with E-state index in [1.54, 1.807) is 6.08 Å². The minimum Gasteiger partial charge on any atom is -0.494 e. The fourth-order valence-corrected chi connectivity index (χ4v) is 2.34. The van der Waals surface area contributed by atoms with E-state index in [1.165, 1.54) is 38.3 Å². The lowest BCUT2D eigenvalue weighted by Gasteiger charge is -2.14. The van der Waals surface area contributed by atoms with Gasteiger partial charge in [-0.3, -0.25) is 14.9 Å². The summed E-state index contributed by atoms with van der Waals surface area (Å²) in [7, 11) is 1.33. The van der Waals surface area contributed by atoms with Gasteiger partial charge >= 0.3 is 5.97 Å². The van der Waals surface area contributed by atoms with Gasteiger partial charge < -0.3 is 14.8 Å². The first-order chi connectivity index (χ1) is 13.3. The number of ether oxygens (including phenoxy) is 2. The number of non-ortho nitro benzene ring substituents is 1. The van der Waals surface area contributed by atoms with Crippen LogP contribution in [0.4, 0.5) is 11.4 Å². The Labute approximate surface area is 161 Å². The molecule has 1 N–H and O–H groups in total. The molecule has 0 saturated carbocycles. The number of carbonyl (C=O) groups is 2. The summed E-state index contributed by atoms with van der Waals surface area (Å²) in [5, 5.41) is 13.3. The Bertz CT molecular complexity index is 923. The summed E-state index contributed by atoms with van der Waals surface area (Å²) in [6.07, 6.45) is 1.76. The van der Waals surface area contributed by atoms with Crippen LogP contribution in [-0.2, 0) is 14.3 Å². The number of rotatable bonds is 7. The van der Waals surface area contributed by atoms with E-state index < -0.39 is 22.9 Å². The van der Waals surface area contributed by atoms with Gasteiger partial charge in [0.2, 0.25) is 0 Å². The van der Waals surface area contributed by atoms with Crippen molar-refractivity contribution in [3.05, 3.63) is 69.8 Å². The highest BCUT2D eigenvalue weighted by Gasteiger charge is 2.19. The highest BCUT2D eigenvalue weighted by molar-refractivity contribution is 5.97. The predicted molar refractivity (Wildman–Crippen MR) is 104 cm³/mol. The Morgan fingerprint density at radius 3 is 2.61 bits per heavy atom. The first kappa shape index (κ1) is 20.6. The molecule has 0 aliphatic carbocycles. The first-order valence-corrected chi connectivity index (χ1v) is 8.39. The van der Waals surface area contributed by atoms with E-state index >= 15 is 0 Å². The minimum absolute atomic E-state index is 0.125. The second-order valence-corrected chi connectivity index (χ2v) is 5.96. The molecule has 0 aliphatic rings. The monoisotopic (exact) mass is 384 g/mol. The SMILES string of the molecule is COc1cc([N+](=O)[O-])ccc1NC(=O)[C@H](C)OC(=O)/C=C/c1cccc(C)c1. The first-order valence-electron chi connectivity index (χ1n) is 8.39. The number of aryl methyl sites for hydroxylation is 1. The molecule has 8 heteroatoms. The number of nitro benzene ring substituents is 1. The minimum atomic E-state index is -1.07.